The Hall–Kier alpha value is -1.39. The molecule has 2 atom stereocenters. The Balaban J connectivity index is 2.29. The van der Waals surface area contributed by atoms with Crippen LogP contribution in [0.5, 0.6) is 0 Å². The molecular formula is C15H19ClN2O2. The zero-order chi connectivity index (χ0) is 14.9. The molecule has 108 valence electrons. The van der Waals surface area contributed by atoms with Gasteiger partial charge in [-0.3, -0.25) is 9.59 Å². The topological polar surface area (TPSA) is 63.4 Å². The molecule has 0 spiro atoms. The lowest BCUT2D eigenvalue weighted by atomic mass is 9.71. The Kier molecular flexibility index (Phi) is 4.45. The number of hydrogen-bond donors (Lipinski definition) is 1. The first-order chi connectivity index (χ1) is 9.47. The normalized spacial score (nSPS) is 21.2. The van der Waals surface area contributed by atoms with Crippen LogP contribution in [-0.2, 0) is 4.79 Å². The summed E-state index contributed by atoms with van der Waals surface area (Å²) in [5.74, 6) is 5.97. The standard InChI is InChI=1S/C15H19ClN2O2/c1-3-10-7-8-11(10)15(20)18(17)13-6-4-5-12(16)14(13)9(2)19/h4-6,10-11H,3,7-8,17H2,1-2H3/t10-,11+/m0/s1. The van der Waals surface area contributed by atoms with Gasteiger partial charge in [-0.05, 0) is 37.8 Å². The van der Waals surface area contributed by atoms with Gasteiger partial charge < -0.3 is 0 Å². The molecule has 0 radical (unpaired) electrons. The zero-order valence-corrected chi connectivity index (χ0v) is 12.5. The van der Waals surface area contributed by atoms with E-state index < -0.39 is 0 Å². The number of hydrogen-bond acceptors (Lipinski definition) is 3. The van der Waals surface area contributed by atoms with Crippen LogP contribution in [0.4, 0.5) is 5.69 Å². The maximum Gasteiger partial charge on any atom is 0.244 e. The van der Waals surface area contributed by atoms with Crippen molar-refractivity contribution in [1.82, 2.24) is 0 Å². The van der Waals surface area contributed by atoms with Crippen LogP contribution in [0.1, 0.15) is 43.5 Å². The van der Waals surface area contributed by atoms with Crippen LogP contribution < -0.4 is 10.9 Å². The molecule has 0 heterocycles. The monoisotopic (exact) mass is 294 g/mol. The molecule has 0 aromatic heterocycles. The molecule has 0 bridgehead atoms. The van der Waals surface area contributed by atoms with E-state index in [1.54, 1.807) is 18.2 Å². The van der Waals surface area contributed by atoms with E-state index in [-0.39, 0.29) is 17.6 Å². The molecule has 1 fully saturated rings. The van der Waals surface area contributed by atoms with E-state index in [1.165, 1.54) is 6.92 Å². The Morgan fingerprint density at radius 2 is 2.10 bits per heavy atom. The Labute approximate surface area is 123 Å². The third-order valence-electron chi connectivity index (χ3n) is 4.10. The molecule has 1 saturated carbocycles. The van der Waals surface area contributed by atoms with E-state index in [2.05, 4.69) is 6.92 Å². The third kappa shape index (κ3) is 2.58. The molecule has 1 amide bonds. The number of carbonyl (C=O) groups excluding carboxylic acids is 2. The summed E-state index contributed by atoms with van der Waals surface area (Å²) in [5, 5.41) is 1.41. The molecule has 1 aliphatic rings. The summed E-state index contributed by atoms with van der Waals surface area (Å²) in [6, 6.07) is 4.97. The number of halogens is 1. The van der Waals surface area contributed by atoms with Crippen LogP contribution in [0, 0.1) is 11.8 Å². The number of benzene rings is 1. The summed E-state index contributed by atoms with van der Waals surface area (Å²) in [5.41, 5.74) is 0.689. The second-order valence-corrected chi connectivity index (χ2v) is 5.66. The number of amides is 1. The van der Waals surface area contributed by atoms with Crippen LogP contribution in [-0.4, -0.2) is 11.7 Å². The summed E-state index contributed by atoms with van der Waals surface area (Å²) in [6.45, 7) is 3.49. The van der Waals surface area contributed by atoms with E-state index in [0.717, 1.165) is 24.3 Å². The van der Waals surface area contributed by atoms with Gasteiger partial charge >= 0.3 is 0 Å². The van der Waals surface area contributed by atoms with E-state index >= 15 is 0 Å². The van der Waals surface area contributed by atoms with Gasteiger partial charge in [-0.2, -0.15) is 0 Å². The third-order valence-corrected chi connectivity index (χ3v) is 4.41. The van der Waals surface area contributed by atoms with Gasteiger partial charge in [-0.1, -0.05) is 31.0 Å². The number of hydrazine groups is 1. The lowest BCUT2D eigenvalue weighted by molar-refractivity contribution is -0.127. The van der Waals surface area contributed by atoms with E-state index in [4.69, 9.17) is 17.4 Å². The van der Waals surface area contributed by atoms with E-state index in [1.807, 2.05) is 0 Å². The lowest BCUT2D eigenvalue weighted by Gasteiger charge is -2.37. The van der Waals surface area contributed by atoms with Crippen LogP contribution in [0.2, 0.25) is 5.02 Å². The highest BCUT2D eigenvalue weighted by Crippen LogP contribution is 2.38. The average molecular weight is 295 g/mol. The summed E-state index contributed by atoms with van der Waals surface area (Å²) in [4.78, 5) is 24.1. The minimum atomic E-state index is -0.200. The van der Waals surface area contributed by atoms with Gasteiger partial charge in [0.05, 0.1) is 16.3 Å². The van der Waals surface area contributed by atoms with Gasteiger partial charge in [0.2, 0.25) is 5.91 Å². The summed E-state index contributed by atoms with van der Waals surface area (Å²) < 4.78 is 0. The number of carbonyl (C=O) groups is 2. The van der Waals surface area contributed by atoms with Gasteiger partial charge in [-0.25, -0.2) is 10.9 Å². The first kappa shape index (κ1) is 15.0. The second-order valence-electron chi connectivity index (χ2n) is 5.25. The van der Waals surface area contributed by atoms with Crippen LogP contribution in [0.25, 0.3) is 0 Å². The maximum absolute atomic E-state index is 12.4. The molecule has 1 aliphatic carbocycles. The van der Waals surface area contributed by atoms with Crippen molar-refractivity contribution in [3.05, 3.63) is 28.8 Å². The van der Waals surface area contributed by atoms with Crippen molar-refractivity contribution < 1.29 is 9.59 Å². The quantitative estimate of drug-likeness (QED) is 0.401. The summed E-state index contributed by atoms with van der Waals surface area (Å²) in [6.07, 6.45) is 2.90. The molecule has 1 aromatic rings. The predicted octanol–water partition coefficient (Wildman–Crippen LogP) is 3.19. The van der Waals surface area contributed by atoms with Crippen molar-refractivity contribution in [2.45, 2.75) is 33.1 Å². The Morgan fingerprint density at radius 3 is 2.60 bits per heavy atom. The molecule has 2 N–H and O–H groups in total. The molecular weight excluding hydrogens is 276 g/mol. The van der Waals surface area contributed by atoms with Gasteiger partial charge in [0.25, 0.3) is 0 Å². The first-order valence-corrected chi connectivity index (χ1v) is 7.23. The fourth-order valence-electron chi connectivity index (χ4n) is 2.74. The highest BCUT2D eigenvalue weighted by Gasteiger charge is 2.38. The number of anilines is 1. The number of Topliss-reactive ketones (excluding diaryl/α,β-unsaturated/α-hetero) is 1. The van der Waals surface area contributed by atoms with Crippen LogP contribution >= 0.6 is 11.6 Å². The fraction of sp³-hybridized carbons (Fsp3) is 0.467. The summed E-state index contributed by atoms with van der Waals surface area (Å²) in [7, 11) is 0. The molecule has 0 unspecified atom stereocenters. The van der Waals surface area contributed by atoms with Crippen molar-refractivity contribution in [1.29, 1.82) is 0 Å². The number of ketones is 1. The van der Waals surface area contributed by atoms with Crippen molar-refractivity contribution in [3.8, 4) is 0 Å². The Morgan fingerprint density at radius 1 is 1.40 bits per heavy atom. The van der Waals surface area contributed by atoms with Crippen molar-refractivity contribution in [2.24, 2.45) is 17.7 Å². The smallest absolute Gasteiger partial charge is 0.244 e. The minimum absolute atomic E-state index is 0.0382. The van der Waals surface area contributed by atoms with Gasteiger partial charge in [0.1, 0.15) is 0 Å². The van der Waals surface area contributed by atoms with Crippen LogP contribution in [0.15, 0.2) is 18.2 Å². The van der Waals surface area contributed by atoms with E-state index in [9.17, 15) is 9.59 Å². The zero-order valence-electron chi connectivity index (χ0n) is 11.7. The summed E-state index contributed by atoms with van der Waals surface area (Å²) >= 11 is 6.04. The second kappa shape index (κ2) is 5.94. The predicted molar refractivity (Wildman–Crippen MR) is 79.6 cm³/mol. The molecule has 5 heteroatoms. The van der Waals surface area contributed by atoms with Crippen molar-refractivity contribution in [3.63, 3.8) is 0 Å². The molecule has 20 heavy (non-hydrogen) atoms. The van der Waals surface area contributed by atoms with E-state index in [0.29, 0.717) is 22.2 Å². The van der Waals surface area contributed by atoms with Gasteiger partial charge in [0, 0.05) is 5.92 Å². The molecule has 0 saturated heterocycles. The fourth-order valence-corrected chi connectivity index (χ4v) is 3.04. The molecule has 2 rings (SSSR count). The number of rotatable bonds is 4. The molecule has 0 aliphatic heterocycles. The largest absolute Gasteiger partial charge is 0.294 e. The molecule has 1 aromatic carbocycles. The highest BCUT2D eigenvalue weighted by atomic mass is 35.5. The maximum atomic E-state index is 12.4. The first-order valence-electron chi connectivity index (χ1n) is 6.85. The lowest BCUT2D eigenvalue weighted by Crippen LogP contribution is -2.47. The van der Waals surface area contributed by atoms with Gasteiger partial charge in [0.15, 0.2) is 5.78 Å². The van der Waals surface area contributed by atoms with Gasteiger partial charge in [-0.15, -0.1) is 0 Å². The number of nitrogens with zero attached hydrogens (tertiary/aromatic N) is 1. The van der Waals surface area contributed by atoms with Crippen LogP contribution in [0.3, 0.4) is 0 Å². The van der Waals surface area contributed by atoms with Crippen molar-refractivity contribution in [2.75, 3.05) is 5.01 Å². The molecule has 4 nitrogen and oxygen atoms in total. The van der Waals surface area contributed by atoms with Crippen molar-refractivity contribution >= 4 is 29.0 Å². The highest BCUT2D eigenvalue weighted by molar-refractivity contribution is 6.34. The number of nitrogens with two attached hydrogens (primary N) is 1. The minimum Gasteiger partial charge on any atom is -0.294 e. The SMILES string of the molecule is CC[C@H]1CC[C@H]1C(=O)N(N)c1cccc(Cl)c1C(C)=O. The Bertz CT molecular complexity index is 543. The average Bonchev–Trinajstić information content (AvgIpc) is 2.36.